The summed E-state index contributed by atoms with van der Waals surface area (Å²) in [5, 5.41) is 15.1. The van der Waals surface area contributed by atoms with Crippen molar-refractivity contribution in [2.45, 2.75) is 0 Å². The molecule has 5 rings (SSSR count). The Morgan fingerprint density at radius 1 is 1.09 bits per heavy atom. The first-order valence-electron chi connectivity index (χ1n) is 10.6. The van der Waals surface area contributed by atoms with Crippen molar-refractivity contribution in [2.75, 3.05) is 36.5 Å². The van der Waals surface area contributed by atoms with Crippen LogP contribution in [0, 0.1) is 10.1 Å². The molecule has 9 nitrogen and oxygen atoms in total. The molecule has 0 atom stereocenters. The van der Waals surface area contributed by atoms with Crippen LogP contribution in [0.5, 0.6) is 0 Å². The van der Waals surface area contributed by atoms with Gasteiger partial charge in [0.2, 0.25) is 5.89 Å². The number of aromatic nitrogens is 1. The molecule has 4 aromatic rings. The van der Waals surface area contributed by atoms with Gasteiger partial charge >= 0.3 is 0 Å². The molecule has 172 valence electrons. The third-order valence-corrected chi connectivity index (χ3v) is 5.78. The molecule has 0 aliphatic carbocycles. The number of oxazole rings is 1. The number of carbonyl (C=O) groups excluding carboxylic acids is 1. The van der Waals surface area contributed by atoms with Crippen LogP contribution in [0.4, 0.5) is 17.1 Å². The molecule has 2 heterocycles. The summed E-state index contributed by atoms with van der Waals surface area (Å²) < 4.78 is 11.2. The topological polar surface area (TPSA) is 111 Å². The molecule has 0 unspecified atom stereocenters. The zero-order chi connectivity index (χ0) is 23.7. The Kier molecular flexibility index (Phi) is 5.87. The van der Waals surface area contributed by atoms with Crippen LogP contribution in [0.25, 0.3) is 22.6 Å². The standard InChI is InChI=1S/C24H19ClN4O5/c25-16-6-8-22-19(14-16)27-24(34-22)17-3-1-2-4-18(17)26-23(30)15-5-7-20(21(13-15)29(31)32)28-9-11-33-12-10-28/h1-8,13-14H,9-12H2,(H,26,30). The van der Waals surface area contributed by atoms with Gasteiger partial charge in [-0.25, -0.2) is 4.98 Å². The number of ether oxygens (including phenoxy) is 1. The van der Waals surface area contributed by atoms with Gasteiger partial charge in [0.15, 0.2) is 5.58 Å². The van der Waals surface area contributed by atoms with Gasteiger partial charge in [0.05, 0.1) is 29.4 Å². The van der Waals surface area contributed by atoms with Crippen LogP contribution in [0.2, 0.25) is 5.02 Å². The number of halogens is 1. The molecule has 1 aromatic heterocycles. The summed E-state index contributed by atoms with van der Waals surface area (Å²) in [4.78, 5) is 30.7. The highest BCUT2D eigenvalue weighted by molar-refractivity contribution is 6.31. The van der Waals surface area contributed by atoms with E-state index in [1.54, 1.807) is 54.6 Å². The lowest BCUT2D eigenvalue weighted by Gasteiger charge is -2.28. The molecule has 0 bridgehead atoms. The molecular formula is C24H19ClN4O5. The minimum atomic E-state index is -0.483. The fourth-order valence-corrected chi connectivity index (χ4v) is 4.04. The largest absolute Gasteiger partial charge is 0.436 e. The Hall–Kier alpha value is -3.95. The second-order valence-corrected chi connectivity index (χ2v) is 8.13. The van der Waals surface area contributed by atoms with Gasteiger partial charge in [0.1, 0.15) is 11.2 Å². The van der Waals surface area contributed by atoms with Crippen molar-refractivity contribution < 1.29 is 18.9 Å². The van der Waals surface area contributed by atoms with Crippen LogP contribution in [0.15, 0.2) is 65.1 Å². The van der Waals surface area contributed by atoms with Crippen molar-refractivity contribution in [1.82, 2.24) is 4.98 Å². The van der Waals surface area contributed by atoms with E-state index in [2.05, 4.69) is 10.3 Å². The van der Waals surface area contributed by atoms with Crippen molar-refractivity contribution in [2.24, 2.45) is 0 Å². The molecule has 1 amide bonds. The van der Waals surface area contributed by atoms with Crippen LogP contribution < -0.4 is 10.2 Å². The van der Waals surface area contributed by atoms with Crippen LogP contribution in [-0.2, 0) is 4.74 Å². The van der Waals surface area contributed by atoms with Crippen molar-refractivity contribution in [1.29, 1.82) is 0 Å². The van der Waals surface area contributed by atoms with Crippen molar-refractivity contribution in [3.05, 3.63) is 81.4 Å². The van der Waals surface area contributed by atoms with E-state index in [-0.39, 0.29) is 11.3 Å². The fourth-order valence-electron chi connectivity index (χ4n) is 3.87. The highest BCUT2D eigenvalue weighted by atomic mass is 35.5. The number of para-hydroxylation sites is 1. The number of rotatable bonds is 5. The molecule has 1 N–H and O–H groups in total. The van der Waals surface area contributed by atoms with E-state index in [4.69, 9.17) is 20.8 Å². The predicted octanol–water partition coefficient (Wildman–Crippen LogP) is 5.15. The first-order chi connectivity index (χ1) is 16.5. The van der Waals surface area contributed by atoms with Gasteiger partial charge in [-0.05, 0) is 42.5 Å². The molecule has 10 heteroatoms. The number of nitrogens with zero attached hydrogens (tertiary/aromatic N) is 3. The molecule has 0 saturated carbocycles. The van der Waals surface area contributed by atoms with Crippen LogP contribution in [0.1, 0.15) is 10.4 Å². The Morgan fingerprint density at radius 3 is 2.68 bits per heavy atom. The van der Waals surface area contributed by atoms with E-state index in [0.29, 0.717) is 65.3 Å². The number of amides is 1. The molecule has 0 spiro atoms. The van der Waals surface area contributed by atoms with Gasteiger partial charge < -0.3 is 19.4 Å². The normalized spacial score (nSPS) is 13.7. The lowest BCUT2D eigenvalue weighted by Crippen LogP contribution is -2.36. The Labute approximate surface area is 199 Å². The summed E-state index contributed by atoms with van der Waals surface area (Å²) >= 11 is 6.04. The smallest absolute Gasteiger partial charge is 0.293 e. The average Bonchev–Trinajstić information content (AvgIpc) is 3.27. The maximum Gasteiger partial charge on any atom is 0.293 e. The van der Waals surface area contributed by atoms with Gasteiger partial charge in [-0.15, -0.1) is 0 Å². The van der Waals surface area contributed by atoms with E-state index in [1.807, 2.05) is 4.90 Å². The molecule has 1 saturated heterocycles. The second-order valence-electron chi connectivity index (χ2n) is 7.69. The highest BCUT2D eigenvalue weighted by Crippen LogP contribution is 2.33. The van der Waals surface area contributed by atoms with Crippen LogP contribution in [-0.4, -0.2) is 42.1 Å². The number of hydrogen-bond donors (Lipinski definition) is 1. The quantitative estimate of drug-likeness (QED) is 0.312. The van der Waals surface area contributed by atoms with E-state index in [1.165, 1.54) is 6.07 Å². The van der Waals surface area contributed by atoms with E-state index in [9.17, 15) is 14.9 Å². The average molecular weight is 479 g/mol. The van der Waals surface area contributed by atoms with Crippen molar-refractivity contribution in [3.63, 3.8) is 0 Å². The zero-order valence-electron chi connectivity index (χ0n) is 17.9. The van der Waals surface area contributed by atoms with Gasteiger partial charge in [0, 0.05) is 29.7 Å². The maximum atomic E-state index is 13.0. The first kappa shape index (κ1) is 21.9. The molecule has 1 aliphatic rings. The SMILES string of the molecule is O=C(Nc1ccccc1-c1nc2cc(Cl)ccc2o1)c1ccc(N2CCOCC2)c([N+](=O)[O-])c1. The van der Waals surface area contributed by atoms with Gasteiger partial charge in [-0.1, -0.05) is 23.7 Å². The number of nitrogens with one attached hydrogen (secondary N) is 1. The highest BCUT2D eigenvalue weighted by Gasteiger charge is 2.24. The summed E-state index contributed by atoms with van der Waals surface area (Å²) in [7, 11) is 0. The molecule has 1 aliphatic heterocycles. The maximum absolute atomic E-state index is 13.0. The minimum Gasteiger partial charge on any atom is -0.436 e. The first-order valence-corrected chi connectivity index (χ1v) is 11.0. The number of carbonyl (C=O) groups is 1. The number of benzene rings is 3. The lowest BCUT2D eigenvalue weighted by atomic mass is 10.1. The Bertz CT molecular complexity index is 1400. The monoisotopic (exact) mass is 478 g/mol. The molecule has 34 heavy (non-hydrogen) atoms. The summed E-state index contributed by atoms with van der Waals surface area (Å²) in [6.45, 7) is 2.10. The van der Waals surface area contributed by atoms with Gasteiger partial charge in [-0.2, -0.15) is 0 Å². The van der Waals surface area contributed by atoms with E-state index >= 15 is 0 Å². The van der Waals surface area contributed by atoms with E-state index in [0.717, 1.165) is 0 Å². The second kappa shape index (κ2) is 9.12. The Balaban J connectivity index is 1.44. The fraction of sp³-hybridized carbons (Fsp3) is 0.167. The number of nitro benzene ring substituents is 1. The predicted molar refractivity (Wildman–Crippen MR) is 129 cm³/mol. The summed E-state index contributed by atoms with van der Waals surface area (Å²) in [5.74, 6) is -0.162. The van der Waals surface area contributed by atoms with Crippen molar-refractivity contribution >= 4 is 45.7 Å². The number of anilines is 2. The third-order valence-electron chi connectivity index (χ3n) is 5.54. The molecule has 0 radical (unpaired) electrons. The van der Waals surface area contributed by atoms with Crippen LogP contribution in [0.3, 0.4) is 0 Å². The summed E-state index contributed by atoms with van der Waals surface area (Å²) in [6.07, 6.45) is 0. The molecule has 3 aromatic carbocycles. The third kappa shape index (κ3) is 4.30. The van der Waals surface area contributed by atoms with Crippen LogP contribution >= 0.6 is 11.6 Å². The number of hydrogen-bond acceptors (Lipinski definition) is 7. The lowest BCUT2D eigenvalue weighted by molar-refractivity contribution is -0.384. The Morgan fingerprint density at radius 2 is 1.88 bits per heavy atom. The van der Waals surface area contributed by atoms with Gasteiger partial charge in [-0.3, -0.25) is 14.9 Å². The van der Waals surface area contributed by atoms with E-state index < -0.39 is 10.8 Å². The van der Waals surface area contributed by atoms with Gasteiger partial charge in [0.25, 0.3) is 11.6 Å². The number of morpholine rings is 1. The number of nitro groups is 1. The molecule has 1 fully saturated rings. The molecular weight excluding hydrogens is 460 g/mol. The minimum absolute atomic E-state index is 0.126. The summed E-state index contributed by atoms with van der Waals surface area (Å²) in [5.41, 5.74) is 2.71. The number of fused-ring (bicyclic) bond motifs is 1. The zero-order valence-corrected chi connectivity index (χ0v) is 18.6. The van der Waals surface area contributed by atoms with Crippen molar-refractivity contribution in [3.8, 4) is 11.5 Å². The summed E-state index contributed by atoms with van der Waals surface area (Å²) in [6, 6.07) is 16.7.